The van der Waals surface area contributed by atoms with E-state index >= 15 is 0 Å². The molecule has 4 nitrogen and oxygen atoms in total. The summed E-state index contributed by atoms with van der Waals surface area (Å²) < 4.78 is 9.49. The molecule has 0 bridgehead atoms. The molecule has 0 saturated carbocycles. The molecule has 2 N–H and O–H groups in total. The van der Waals surface area contributed by atoms with Gasteiger partial charge in [0, 0.05) is 0 Å². The topological polar surface area (TPSA) is 58.9 Å². The average Bonchev–Trinajstić information content (AvgIpc) is 1.79. The highest BCUT2D eigenvalue weighted by atomic mass is 16.8. The lowest BCUT2D eigenvalue weighted by atomic mass is 10.4. The minimum Gasteiger partial charge on any atom is -0.364 e. The average molecular weight is 134 g/mol. The Morgan fingerprint density at radius 1 is 1.11 bits per heavy atom. The molecular formula is C5H10O4. The molecule has 54 valence electrons. The van der Waals surface area contributed by atoms with Gasteiger partial charge in [0.05, 0.1) is 0 Å². The number of rotatable bonds is 0. The lowest BCUT2D eigenvalue weighted by Gasteiger charge is -2.14. The summed E-state index contributed by atoms with van der Waals surface area (Å²) in [7, 11) is 0. The Hall–Kier alpha value is -0.160. The monoisotopic (exact) mass is 134 g/mol. The Balaban J connectivity index is 2.54. The van der Waals surface area contributed by atoms with Crippen molar-refractivity contribution in [3.05, 3.63) is 0 Å². The summed E-state index contributed by atoms with van der Waals surface area (Å²) in [5.41, 5.74) is 0. The lowest BCUT2D eigenvalue weighted by molar-refractivity contribution is -0.179. The Morgan fingerprint density at radius 2 is 1.44 bits per heavy atom. The molecule has 1 saturated heterocycles. The number of aliphatic hydroxyl groups is 2. The minimum atomic E-state index is -1.21. The first-order valence-electron chi connectivity index (χ1n) is 2.73. The van der Waals surface area contributed by atoms with Gasteiger partial charge in [0.1, 0.15) is 0 Å². The first-order chi connectivity index (χ1) is 4.01. The summed E-state index contributed by atoms with van der Waals surface area (Å²) in [6.45, 7) is 3.24. The van der Waals surface area contributed by atoms with Crippen LogP contribution in [0.1, 0.15) is 13.8 Å². The molecule has 2 atom stereocenters. The van der Waals surface area contributed by atoms with Gasteiger partial charge < -0.3 is 19.7 Å². The van der Waals surface area contributed by atoms with Gasteiger partial charge >= 0.3 is 0 Å². The molecule has 1 heterocycles. The molecule has 1 rings (SSSR count). The molecule has 0 radical (unpaired) electrons. The van der Waals surface area contributed by atoms with Crippen LogP contribution in [-0.2, 0) is 9.47 Å². The van der Waals surface area contributed by atoms with Crippen LogP contribution in [0.4, 0.5) is 0 Å². The second kappa shape index (κ2) is 1.91. The van der Waals surface area contributed by atoms with E-state index in [9.17, 15) is 0 Å². The normalized spacial score (nSPS) is 41.3. The van der Waals surface area contributed by atoms with Crippen molar-refractivity contribution in [3.63, 3.8) is 0 Å². The van der Waals surface area contributed by atoms with Crippen molar-refractivity contribution < 1.29 is 19.7 Å². The molecule has 0 spiro atoms. The second-order valence-corrected chi connectivity index (χ2v) is 2.42. The maximum Gasteiger partial charge on any atom is 0.209 e. The smallest absolute Gasteiger partial charge is 0.209 e. The summed E-state index contributed by atoms with van der Waals surface area (Å²) in [6.07, 6.45) is -2.42. The fraction of sp³-hybridized carbons (Fsp3) is 1.00. The third-order valence-corrected chi connectivity index (χ3v) is 1.05. The van der Waals surface area contributed by atoms with E-state index in [4.69, 9.17) is 19.7 Å². The molecule has 9 heavy (non-hydrogen) atoms. The van der Waals surface area contributed by atoms with Gasteiger partial charge in [0.15, 0.2) is 5.79 Å². The van der Waals surface area contributed by atoms with E-state index in [1.807, 2.05) is 0 Å². The van der Waals surface area contributed by atoms with Crippen molar-refractivity contribution in [2.45, 2.75) is 32.2 Å². The van der Waals surface area contributed by atoms with E-state index in [1.54, 1.807) is 13.8 Å². The van der Waals surface area contributed by atoms with Gasteiger partial charge in [-0.25, -0.2) is 0 Å². The van der Waals surface area contributed by atoms with Crippen LogP contribution < -0.4 is 0 Å². The van der Waals surface area contributed by atoms with Crippen molar-refractivity contribution in [2.24, 2.45) is 0 Å². The van der Waals surface area contributed by atoms with Crippen LogP contribution in [0.5, 0.6) is 0 Å². The molecule has 1 aliphatic heterocycles. The summed E-state index contributed by atoms with van der Waals surface area (Å²) in [4.78, 5) is 0. The molecule has 0 aliphatic carbocycles. The molecule has 0 amide bonds. The van der Waals surface area contributed by atoms with Crippen molar-refractivity contribution in [1.82, 2.24) is 0 Å². The van der Waals surface area contributed by atoms with Crippen molar-refractivity contribution in [2.75, 3.05) is 0 Å². The number of ether oxygens (including phenoxy) is 2. The van der Waals surface area contributed by atoms with Crippen molar-refractivity contribution in [1.29, 1.82) is 0 Å². The fourth-order valence-corrected chi connectivity index (χ4v) is 0.726. The zero-order valence-corrected chi connectivity index (χ0v) is 5.37. The summed E-state index contributed by atoms with van der Waals surface area (Å²) >= 11 is 0. The Morgan fingerprint density at radius 3 is 1.56 bits per heavy atom. The standard InChI is InChI=1S/C5H10O4/c1-5(2)8-3(6)4(7)9-5/h3-4,6-7H,1-2H3/t3-,4-/m1/s1. The SMILES string of the molecule is CC1(C)O[C@@H](O)[C@H](O)O1. The molecule has 0 aromatic rings. The van der Waals surface area contributed by atoms with Crippen LogP contribution in [0.2, 0.25) is 0 Å². The summed E-state index contributed by atoms with van der Waals surface area (Å²) in [6, 6.07) is 0. The molecule has 4 heteroatoms. The van der Waals surface area contributed by atoms with Crippen LogP contribution in [0, 0.1) is 0 Å². The van der Waals surface area contributed by atoms with Gasteiger partial charge in [-0.05, 0) is 13.8 Å². The van der Waals surface area contributed by atoms with Crippen LogP contribution in [-0.4, -0.2) is 28.6 Å². The molecule has 0 aromatic carbocycles. The van der Waals surface area contributed by atoms with E-state index in [1.165, 1.54) is 0 Å². The Labute approximate surface area is 53.0 Å². The zero-order chi connectivity index (χ0) is 7.07. The van der Waals surface area contributed by atoms with E-state index in [0.29, 0.717) is 0 Å². The third kappa shape index (κ3) is 1.40. The summed E-state index contributed by atoms with van der Waals surface area (Å²) in [5, 5.41) is 17.5. The van der Waals surface area contributed by atoms with Crippen molar-refractivity contribution >= 4 is 0 Å². The van der Waals surface area contributed by atoms with E-state index in [0.717, 1.165) is 0 Å². The van der Waals surface area contributed by atoms with Gasteiger partial charge in [0.2, 0.25) is 12.6 Å². The molecule has 0 aromatic heterocycles. The Kier molecular flexibility index (Phi) is 1.48. The fourth-order valence-electron chi connectivity index (χ4n) is 0.726. The maximum atomic E-state index is 8.74. The van der Waals surface area contributed by atoms with Crippen LogP contribution in [0.15, 0.2) is 0 Å². The second-order valence-electron chi connectivity index (χ2n) is 2.42. The zero-order valence-electron chi connectivity index (χ0n) is 5.37. The van der Waals surface area contributed by atoms with E-state index in [2.05, 4.69) is 0 Å². The first-order valence-corrected chi connectivity index (χ1v) is 2.73. The lowest BCUT2D eigenvalue weighted by Crippen LogP contribution is -2.21. The molecular weight excluding hydrogens is 124 g/mol. The molecule has 0 unspecified atom stereocenters. The molecule has 1 aliphatic rings. The largest absolute Gasteiger partial charge is 0.364 e. The number of hydrogen-bond acceptors (Lipinski definition) is 4. The van der Waals surface area contributed by atoms with Crippen LogP contribution in [0.3, 0.4) is 0 Å². The van der Waals surface area contributed by atoms with Gasteiger partial charge in [0.25, 0.3) is 0 Å². The van der Waals surface area contributed by atoms with Crippen molar-refractivity contribution in [3.8, 4) is 0 Å². The van der Waals surface area contributed by atoms with Crippen LogP contribution in [0.25, 0.3) is 0 Å². The quantitative estimate of drug-likeness (QED) is 0.464. The predicted molar refractivity (Wildman–Crippen MR) is 28.3 cm³/mol. The van der Waals surface area contributed by atoms with Gasteiger partial charge in [-0.1, -0.05) is 0 Å². The minimum absolute atomic E-state index is 0.862. The van der Waals surface area contributed by atoms with Gasteiger partial charge in [-0.15, -0.1) is 0 Å². The summed E-state index contributed by atoms with van der Waals surface area (Å²) in [5.74, 6) is -0.862. The Bertz CT molecular complexity index is 99.5. The first kappa shape index (κ1) is 6.95. The maximum absolute atomic E-state index is 8.74. The highest BCUT2D eigenvalue weighted by molar-refractivity contribution is 4.65. The number of aliphatic hydroxyl groups excluding tert-OH is 2. The third-order valence-electron chi connectivity index (χ3n) is 1.05. The van der Waals surface area contributed by atoms with Crippen LogP contribution >= 0.6 is 0 Å². The highest BCUT2D eigenvalue weighted by Gasteiger charge is 2.38. The molecule has 1 fully saturated rings. The van der Waals surface area contributed by atoms with E-state index in [-0.39, 0.29) is 0 Å². The van der Waals surface area contributed by atoms with E-state index < -0.39 is 18.4 Å². The number of hydrogen-bond donors (Lipinski definition) is 2. The highest BCUT2D eigenvalue weighted by Crippen LogP contribution is 2.24. The van der Waals surface area contributed by atoms with Gasteiger partial charge in [-0.3, -0.25) is 0 Å². The van der Waals surface area contributed by atoms with Gasteiger partial charge in [-0.2, -0.15) is 0 Å². The predicted octanol–water partition coefficient (Wildman–Crippen LogP) is -0.594.